The topological polar surface area (TPSA) is 86.7 Å². The zero-order valence-electron chi connectivity index (χ0n) is 15.8. The lowest BCUT2D eigenvalue weighted by Crippen LogP contribution is -2.76. The second kappa shape index (κ2) is 8.28. The first-order chi connectivity index (χ1) is 11.8. The molecule has 2 rings (SSSR count). The lowest BCUT2D eigenvalue weighted by Gasteiger charge is -2.61. The second-order valence-corrected chi connectivity index (χ2v) is 7.36. The van der Waals surface area contributed by atoms with Crippen molar-refractivity contribution in [1.29, 1.82) is 0 Å². The maximum Gasteiger partial charge on any atom is 0.249 e. The molecule has 25 heavy (non-hydrogen) atoms. The molecule has 0 aromatic heterocycles. The number of carbonyl (C=O) groups excluding carboxylic acids is 1. The van der Waals surface area contributed by atoms with Crippen LogP contribution in [0.25, 0.3) is 0 Å². The smallest absolute Gasteiger partial charge is 0.249 e. The van der Waals surface area contributed by atoms with Gasteiger partial charge in [-0.2, -0.15) is 4.89 Å². The fourth-order valence-electron chi connectivity index (χ4n) is 3.97. The van der Waals surface area contributed by atoms with Gasteiger partial charge in [0.05, 0.1) is 18.6 Å². The van der Waals surface area contributed by atoms with Gasteiger partial charge in [-0.1, -0.05) is 27.7 Å². The molecule has 8 nitrogen and oxygen atoms in total. The molecule has 1 saturated carbocycles. The molecule has 0 aromatic carbocycles. The van der Waals surface area contributed by atoms with E-state index in [1.54, 1.807) is 0 Å². The summed E-state index contributed by atoms with van der Waals surface area (Å²) in [5.74, 6) is -0.274. The zero-order chi connectivity index (χ0) is 18.7. The summed E-state index contributed by atoms with van der Waals surface area (Å²) < 4.78 is 6.11. The molecule has 1 aliphatic carbocycles. The van der Waals surface area contributed by atoms with Crippen LogP contribution in [-0.2, 0) is 29.4 Å². The van der Waals surface area contributed by atoms with E-state index in [9.17, 15) is 10.0 Å². The van der Waals surface area contributed by atoms with Crippen LogP contribution in [0.1, 0.15) is 60.3 Å². The van der Waals surface area contributed by atoms with Gasteiger partial charge in [0.2, 0.25) is 5.91 Å². The third-order valence-electron chi connectivity index (χ3n) is 5.87. The second-order valence-electron chi connectivity index (χ2n) is 7.36. The van der Waals surface area contributed by atoms with Crippen LogP contribution >= 0.6 is 0 Å². The highest BCUT2D eigenvalue weighted by Gasteiger charge is 2.67. The standard InChI is InChI=1S/C17H31NO7/c1-6-8-21-16(5)10-14(23-25-24-22-9-7-2)17(13(4)12(16)3)11-15(19)18(17)20/h12-14,20H,6-11H2,1-5H3/t12-,13+,14+,16+,17?/m0/s1. The molecular formula is C17H31NO7. The fourth-order valence-corrected chi connectivity index (χ4v) is 3.97. The molecule has 1 saturated heterocycles. The van der Waals surface area contributed by atoms with Gasteiger partial charge in [0.25, 0.3) is 0 Å². The lowest BCUT2D eigenvalue weighted by molar-refractivity contribution is -0.648. The molecule has 1 unspecified atom stereocenters. The van der Waals surface area contributed by atoms with Crippen molar-refractivity contribution in [2.24, 2.45) is 11.8 Å². The maximum absolute atomic E-state index is 11.7. The summed E-state index contributed by atoms with van der Waals surface area (Å²) in [7, 11) is 0. The minimum Gasteiger partial charge on any atom is -0.375 e. The Balaban J connectivity index is 2.13. The van der Waals surface area contributed by atoms with Crippen molar-refractivity contribution < 1.29 is 34.6 Å². The molecule has 1 spiro atoms. The average Bonchev–Trinajstić information content (AvgIpc) is 2.60. The van der Waals surface area contributed by atoms with Gasteiger partial charge in [0.1, 0.15) is 11.6 Å². The number of hydrogen-bond acceptors (Lipinski definition) is 7. The van der Waals surface area contributed by atoms with Crippen LogP contribution < -0.4 is 0 Å². The molecule has 1 N–H and O–H groups in total. The van der Waals surface area contributed by atoms with Crippen LogP contribution in [-0.4, -0.2) is 46.6 Å². The number of ether oxygens (including phenoxy) is 1. The first-order valence-corrected chi connectivity index (χ1v) is 9.11. The Labute approximate surface area is 149 Å². The van der Waals surface area contributed by atoms with E-state index in [0.29, 0.717) is 19.6 Å². The van der Waals surface area contributed by atoms with E-state index in [1.807, 2.05) is 20.8 Å². The van der Waals surface area contributed by atoms with Crippen molar-refractivity contribution in [3.05, 3.63) is 0 Å². The quantitative estimate of drug-likeness (QED) is 0.222. The predicted molar refractivity (Wildman–Crippen MR) is 86.9 cm³/mol. The van der Waals surface area contributed by atoms with Crippen LogP contribution in [0.3, 0.4) is 0 Å². The molecule has 0 bridgehead atoms. The molecule has 5 atom stereocenters. The molecule has 1 aliphatic heterocycles. The van der Waals surface area contributed by atoms with E-state index in [1.165, 1.54) is 0 Å². The number of nitrogens with zero attached hydrogens (tertiary/aromatic N) is 1. The number of rotatable bonds is 9. The van der Waals surface area contributed by atoms with E-state index >= 15 is 0 Å². The van der Waals surface area contributed by atoms with E-state index in [0.717, 1.165) is 17.9 Å². The zero-order valence-corrected chi connectivity index (χ0v) is 15.8. The van der Waals surface area contributed by atoms with Crippen molar-refractivity contribution in [2.75, 3.05) is 13.2 Å². The van der Waals surface area contributed by atoms with Crippen LogP contribution in [0.4, 0.5) is 0 Å². The Bertz CT molecular complexity index is 462. The third kappa shape index (κ3) is 3.70. The number of carbonyl (C=O) groups is 1. The summed E-state index contributed by atoms with van der Waals surface area (Å²) in [4.78, 5) is 21.9. The van der Waals surface area contributed by atoms with Gasteiger partial charge in [0, 0.05) is 13.0 Å². The first-order valence-electron chi connectivity index (χ1n) is 9.11. The highest BCUT2D eigenvalue weighted by atomic mass is 17.7. The highest BCUT2D eigenvalue weighted by Crippen LogP contribution is 2.54. The van der Waals surface area contributed by atoms with Crippen LogP contribution in [0.2, 0.25) is 0 Å². The maximum atomic E-state index is 11.7. The average molecular weight is 361 g/mol. The molecule has 1 heterocycles. The molecule has 146 valence electrons. The Morgan fingerprint density at radius 2 is 1.84 bits per heavy atom. The molecule has 0 radical (unpaired) electrons. The molecule has 1 amide bonds. The minimum absolute atomic E-state index is 0.0593. The van der Waals surface area contributed by atoms with Gasteiger partial charge in [0.15, 0.2) is 0 Å². The summed E-state index contributed by atoms with van der Waals surface area (Å²) in [6, 6.07) is 0. The Morgan fingerprint density at radius 3 is 2.40 bits per heavy atom. The summed E-state index contributed by atoms with van der Waals surface area (Å²) in [6.45, 7) is 11.1. The number of β-lactam (4-membered cyclic amide) rings is 1. The van der Waals surface area contributed by atoms with Gasteiger partial charge in [-0.25, -0.2) is 9.95 Å². The Hall–Kier alpha value is -0.770. The normalized spacial score (nSPS) is 38.2. The van der Waals surface area contributed by atoms with Crippen molar-refractivity contribution in [3.63, 3.8) is 0 Å². The highest BCUT2D eigenvalue weighted by molar-refractivity contribution is 5.84. The Kier molecular flexibility index (Phi) is 6.80. The minimum atomic E-state index is -0.848. The Morgan fingerprint density at radius 1 is 1.16 bits per heavy atom. The van der Waals surface area contributed by atoms with E-state index < -0.39 is 17.2 Å². The number of amides is 1. The summed E-state index contributed by atoms with van der Waals surface area (Å²) >= 11 is 0. The monoisotopic (exact) mass is 361 g/mol. The van der Waals surface area contributed by atoms with Crippen LogP contribution in [0, 0.1) is 11.8 Å². The third-order valence-corrected chi connectivity index (χ3v) is 5.87. The summed E-state index contributed by atoms with van der Waals surface area (Å²) in [6.07, 6.45) is 1.73. The van der Waals surface area contributed by atoms with Crippen LogP contribution in [0.5, 0.6) is 0 Å². The molecule has 2 aliphatic rings. The predicted octanol–water partition coefficient (Wildman–Crippen LogP) is 2.80. The molecule has 2 fully saturated rings. The van der Waals surface area contributed by atoms with Gasteiger partial charge >= 0.3 is 0 Å². The summed E-state index contributed by atoms with van der Waals surface area (Å²) in [5, 5.41) is 20.4. The first kappa shape index (κ1) is 20.5. The SMILES string of the molecule is CCCOOOO[C@@H]1C[C@@](C)(OCCC)[C@@H](C)[C@@H](C)C12CC(=O)N2O. The van der Waals surface area contributed by atoms with Crippen molar-refractivity contribution in [3.8, 4) is 0 Å². The van der Waals surface area contributed by atoms with Crippen LogP contribution in [0.15, 0.2) is 0 Å². The molecule has 8 heteroatoms. The van der Waals surface area contributed by atoms with Crippen molar-refractivity contribution in [1.82, 2.24) is 5.06 Å². The largest absolute Gasteiger partial charge is 0.375 e. The fraction of sp³-hybridized carbons (Fsp3) is 0.941. The lowest BCUT2D eigenvalue weighted by atomic mass is 9.56. The van der Waals surface area contributed by atoms with Crippen molar-refractivity contribution in [2.45, 2.75) is 77.5 Å². The number of hydrogen-bond donors (Lipinski definition) is 1. The van der Waals surface area contributed by atoms with E-state index in [-0.39, 0.29) is 24.2 Å². The molecule has 0 aromatic rings. The molecular weight excluding hydrogens is 330 g/mol. The van der Waals surface area contributed by atoms with Gasteiger partial charge in [-0.3, -0.25) is 10.0 Å². The van der Waals surface area contributed by atoms with Gasteiger partial charge in [-0.15, -0.1) is 0 Å². The van der Waals surface area contributed by atoms with E-state index in [4.69, 9.17) is 19.6 Å². The van der Waals surface area contributed by atoms with E-state index in [2.05, 4.69) is 18.9 Å². The van der Waals surface area contributed by atoms with Gasteiger partial charge < -0.3 is 4.74 Å². The van der Waals surface area contributed by atoms with Gasteiger partial charge in [-0.05, 0) is 41.7 Å². The summed E-state index contributed by atoms with van der Waals surface area (Å²) in [5.41, 5.74) is -1.31. The number of hydroxylamine groups is 2. The van der Waals surface area contributed by atoms with Crippen molar-refractivity contribution >= 4 is 5.91 Å².